The first-order valence-electron chi connectivity index (χ1n) is 5.07. The number of hydrogen-bond acceptors (Lipinski definition) is 4. The van der Waals surface area contributed by atoms with E-state index in [1.807, 2.05) is 0 Å². The van der Waals surface area contributed by atoms with Crippen molar-refractivity contribution in [2.24, 2.45) is 0 Å². The zero-order chi connectivity index (χ0) is 14.3. The van der Waals surface area contributed by atoms with Crippen molar-refractivity contribution in [3.63, 3.8) is 0 Å². The molecule has 0 aliphatic heterocycles. The molecular formula is C11H8F3NO3S. The fraction of sp³-hybridized carbons (Fsp3) is 0.182. The first-order valence-corrected chi connectivity index (χ1v) is 6.48. The molecule has 4 nitrogen and oxygen atoms in total. The van der Waals surface area contributed by atoms with Crippen LogP contribution in [-0.2, 0) is 10.1 Å². The van der Waals surface area contributed by atoms with Crippen LogP contribution in [0, 0.1) is 6.92 Å². The number of nitrogens with zero attached hydrogens (tertiary/aromatic N) is 1. The standard InChI is InChI=1S/C11H8F3NO3S/c1-7-3-2-4-8-10(7)9(5-6-15-8)18-19(16,17)11(12,13)14/h2-6H,1H3. The summed E-state index contributed by atoms with van der Waals surface area (Å²) >= 11 is 0. The molecule has 0 N–H and O–H groups in total. The summed E-state index contributed by atoms with van der Waals surface area (Å²) in [5.74, 6) is -0.388. The Morgan fingerprint density at radius 2 is 1.89 bits per heavy atom. The molecular weight excluding hydrogens is 283 g/mol. The SMILES string of the molecule is Cc1cccc2nccc(OS(=O)(=O)C(F)(F)F)c12. The second kappa shape index (κ2) is 4.37. The molecule has 0 bridgehead atoms. The second-order valence-electron chi connectivity index (χ2n) is 3.76. The van der Waals surface area contributed by atoms with Gasteiger partial charge in [0.05, 0.1) is 5.52 Å². The summed E-state index contributed by atoms with van der Waals surface area (Å²) in [4.78, 5) is 3.94. The number of alkyl halides is 3. The first-order chi connectivity index (χ1) is 8.72. The summed E-state index contributed by atoms with van der Waals surface area (Å²) in [5, 5.41) is 0.234. The predicted molar refractivity (Wildman–Crippen MR) is 62.1 cm³/mol. The van der Waals surface area contributed by atoms with Crippen LogP contribution in [0.1, 0.15) is 5.56 Å². The third kappa shape index (κ3) is 2.48. The van der Waals surface area contributed by atoms with Gasteiger partial charge in [-0.15, -0.1) is 0 Å². The number of rotatable bonds is 2. The average Bonchev–Trinajstić information content (AvgIpc) is 2.27. The number of aromatic nitrogens is 1. The zero-order valence-electron chi connectivity index (χ0n) is 9.60. The Morgan fingerprint density at radius 3 is 2.53 bits per heavy atom. The molecule has 2 rings (SSSR count). The normalized spacial score (nSPS) is 12.6. The maximum absolute atomic E-state index is 12.3. The summed E-state index contributed by atoms with van der Waals surface area (Å²) in [6, 6.07) is 5.91. The number of benzene rings is 1. The number of hydrogen-bond donors (Lipinski definition) is 0. The van der Waals surface area contributed by atoms with Crippen molar-refractivity contribution in [2.45, 2.75) is 12.4 Å². The van der Waals surface area contributed by atoms with Crippen LogP contribution in [0.3, 0.4) is 0 Å². The quantitative estimate of drug-likeness (QED) is 0.630. The van der Waals surface area contributed by atoms with Crippen LogP contribution in [0.2, 0.25) is 0 Å². The van der Waals surface area contributed by atoms with Gasteiger partial charge in [-0.25, -0.2) is 0 Å². The minimum atomic E-state index is -5.69. The fourth-order valence-electron chi connectivity index (χ4n) is 1.58. The van der Waals surface area contributed by atoms with Crippen LogP contribution < -0.4 is 4.18 Å². The number of aryl methyl sites for hydroxylation is 1. The van der Waals surface area contributed by atoms with Gasteiger partial charge < -0.3 is 4.18 Å². The van der Waals surface area contributed by atoms with E-state index in [2.05, 4.69) is 9.17 Å². The van der Waals surface area contributed by atoms with Gasteiger partial charge in [-0.1, -0.05) is 12.1 Å². The van der Waals surface area contributed by atoms with E-state index in [1.54, 1.807) is 25.1 Å². The van der Waals surface area contributed by atoms with Crippen LogP contribution in [0.25, 0.3) is 10.9 Å². The van der Waals surface area contributed by atoms with Crippen molar-refractivity contribution in [2.75, 3.05) is 0 Å². The molecule has 102 valence electrons. The van der Waals surface area contributed by atoms with E-state index < -0.39 is 15.6 Å². The summed E-state index contributed by atoms with van der Waals surface area (Å²) < 4.78 is 63.1. The lowest BCUT2D eigenvalue weighted by molar-refractivity contribution is -0.0499. The summed E-state index contributed by atoms with van der Waals surface area (Å²) in [6.07, 6.45) is 1.18. The molecule has 0 spiro atoms. The highest BCUT2D eigenvalue weighted by atomic mass is 32.2. The minimum Gasteiger partial charge on any atom is -0.375 e. The Balaban J connectivity index is 2.60. The summed E-state index contributed by atoms with van der Waals surface area (Å²) in [6.45, 7) is 1.62. The number of pyridine rings is 1. The molecule has 0 saturated heterocycles. The molecule has 0 amide bonds. The lowest BCUT2D eigenvalue weighted by Gasteiger charge is -2.12. The molecule has 0 saturated carbocycles. The van der Waals surface area contributed by atoms with Crippen molar-refractivity contribution in [1.82, 2.24) is 4.98 Å². The fourth-order valence-corrected chi connectivity index (χ4v) is 2.05. The van der Waals surface area contributed by atoms with Gasteiger partial charge >= 0.3 is 15.6 Å². The van der Waals surface area contributed by atoms with Crippen LogP contribution in [0.15, 0.2) is 30.5 Å². The van der Waals surface area contributed by atoms with Gasteiger partial charge in [-0.3, -0.25) is 4.98 Å². The number of fused-ring (bicyclic) bond motifs is 1. The Morgan fingerprint density at radius 1 is 1.21 bits per heavy atom. The lowest BCUT2D eigenvalue weighted by atomic mass is 10.1. The molecule has 1 aromatic heterocycles. The van der Waals surface area contributed by atoms with Gasteiger partial charge in [-0.2, -0.15) is 21.6 Å². The third-order valence-electron chi connectivity index (χ3n) is 2.42. The maximum atomic E-state index is 12.3. The van der Waals surface area contributed by atoms with Gasteiger partial charge in [0.1, 0.15) is 0 Å². The highest BCUT2D eigenvalue weighted by molar-refractivity contribution is 7.88. The van der Waals surface area contributed by atoms with Gasteiger partial charge in [0.2, 0.25) is 0 Å². The second-order valence-corrected chi connectivity index (χ2v) is 5.30. The Bertz CT molecular complexity index is 720. The monoisotopic (exact) mass is 291 g/mol. The van der Waals surface area contributed by atoms with E-state index in [1.165, 1.54) is 6.20 Å². The van der Waals surface area contributed by atoms with Gasteiger partial charge in [0.25, 0.3) is 0 Å². The highest BCUT2D eigenvalue weighted by Crippen LogP contribution is 2.32. The molecule has 19 heavy (non-hydrogen) atoms. The van der Waals surface area contributed by atoms with Gasteiger partial charge in [-0.05, 0) is 18.6 Å². The van der Waals surface area contributed by atoms with E-state index in [0.29, 0.717) is 11.1 Å². The van der Waals surface area contributed by atoms with E-state index in [4.69, 9.17) is 0 Å². The molecule has 0 aliphatic rings. The van der Waals surface area contributed by atoms with E-state index >= 15 is 0 Å². The zero-order valence-corrected chi connectivity index (χ0v) is 10.4. The Kier molecular flexibility index (Phi) is 3.13. The van der Waals surface area contributed by atoms with Crippen molar-refractivity contribution >= 4 is 21.0 Å². The molecule has 8 heteroatoms. The van der Waals surface area contributed by atoms with Crippen molar-refractivity contribution in [3.8, 4) is 5.75 Å². The molecule has 1 aromatic carbocycles. The molecule has 0 aliphatic carbocycles. The van der Waals surface area contributed by atoms with E-state index in [9.17, 15) is 21.6 Å². The minimum absolute atomic E-state index is 0.234. The summed E-state index contributed by atoms with van der Waals surface area (Å²) in [5.41, 5.74) is -4.54. The van der Waals surface area contributed by atoms with Crippen LogP contribution in [0.4, 0.5) is 13.2 Å². The molecule has 0 atom stereocenters. The van der Waals surface area contributed by atoms with Gasteiger partial charge in [0.15, 0.2) is 5.75 Å². The highest BCUT2D eigenvalue weighted by Gasteiger charge is 2.48. The van der Waals surface area contributed by atoms with Crippen LogP contribution in [-0.4, -0.2) is 18.9 Å². The largest absolute Gasteiger partial charge is 0.534 e. The van der Waals surface area contributed by atoms with Crippen molar-refractivity contribution in [1.29, 1.82) is 0 Å². The third-order valence-corrected chi connectivity index (χ3v) is 3.39. The maximum Gasteiger partial charge on any atom is 0.534 e. The molecule has 2 aromatic rings. The number of halogens is 3. The van der Waals surface area contributed by atoms with Gasteiger partial charge in [0, 0.05) is 17.6 Å². The van der Waals surface area contributed by atoms with Crippen LogP contribution in [0.5, 0.6) is 5.75 Å². The summed E-state index contributed by atoms with van der Waals surface area (Å²) in [7, 11) is -5.69. The predicted octanol–water partition coefficient (Wildman–Crippen LogP) is 2.77. The van der Waals surface area contributed by atoms with E-state index in [0.717, 1.165) is 6.07 Å². The molecule has 0 fully saturated rings. The molecule has 0 unspecified atom stereocenters. The Hall–Kier alpha value is -1.83. The topological polar surface area (TPSA) is 56.3 Å². The first kappa shape index (κ1) is 13.6. The smallest absolute Gasteiger partial charge is 0.375 e. The Labute approximate surface area is 107 Å². The van der Waals surface area contributed by atoms with E-state index in [-0.39, 0.29) is 11.1 Å². The van der Waals surface area contributed by atoms with Crippen molar-refractivity contribution in [3.05, 3.63) is 36.0 Å². The molecule has 0 radical (unpaired) electrons. The van der Waals surface area contributed by atoms with Crippen molar-refractivity contribution < 1.29 is 25.8 Å². The molecule has 1 heterocycles. The lowest BCUT2D eigenvalue weighted by Crippen LogP contribution is -2.28. The average molecular weight is 291 g/mol. The van der Waals surface area contributed by atoms with Crippen LogP contribution >= 0.6 is 0 Å².